The maximum Gasteiger partial charge on any atom is 0.0361 e. The van der Waals surface area contributed by atoms with Crippen LogP contribution in [-0.2, 0) is 11.8 Å². The Kier molecular flexibility index (Phi) is 7.46. The van der Waals surface area contributed by atoms with E-state index in [0.29, 0.717) is 0 Å². The Labute approximate surface area is 331 Å². The third-order valence-corrected chi connectivity index (χ3v) is 13.5. The Balaban J connectivity index is 1.10. The summed E-state index contributed by atoms with van der Waals surface area (Å²) in [6, 6.07) is 57.7. The predicted octanol–water partition coefficient (Wildman–Crippen LogP) is 16.0. The number of hydrogen-bond donors (Lipinski definition) is 0. The average molecular weight is 733 g/mol. The fourth-order valence-corrected chi connectivity index (χ4v) is 10.8. The lowest BCUT2D eigenvalue weighted by Crippen LogP contribution is -2.15. The number of thiophene rings is 1. The van der Waals surface area contributed by atoms with E-state index < -0.39 is 0 Å². The molecule has 1 heterocycles. The molecule has 9 aromatic carbocycles. The predicted molar refractivity (Wildman–Crippen MR) is 245 cm³/mol. The van der Waals surface area contributed by atoms with Crippen LogP contribution in [0.5, 0.6) is 0 Å². The van der Waals surface area contributed by atoms with Crippen molar-refractivity contribution >= 4 is 74.6 Å². The summed E-state index contributed by atoms with van der Waals surface area (Å²) in [5.41, 5.74) is 11.9. The van der Waals surface area contributed by atoms with Crippen molar-refractivity contribution in [1.82, 2.24) is 0 Å². The van der Waals surface area contributed by atoms with E-state index in [0.717, 1.165) is 6.42 Å². The zero-order chi connectivity index (χ0) is 37.5. The van der Waals surface area contributed by atoms with E-state index in [2.05, 4.69) is 197 Å². The zero-order valence-corrected chi connectivity index (χ0v) is 32.7. The highest BCUT2D eigenvalue weighted by Crippen LogP contribution is 2.54. The summed E-state index contributed by atoms with van der Waals surface area (Å²) >= 11 is 1.90. The lowest BCUT2D eigenvalue weighted by atomic mass is 9.80. The molecule has 0 unspecified atom stereocenters. The third-order valence-electron chi connectivity index (χ3n) is 12.4. The smallest absolute Gasteiger partial charge is 0.0361 e. The number of benzene rings is 9. The van der Waals surface area contributed by atoms with Gasteiger partial charge in [-0.05, 0) is 137 Å². The van der Waals surface area contributed by atoms with Crippen LogP contribution in [0.25, 0.3) is 96.6 Å². The minimum absolute atomic E-state index is 0.140. The van der Waals surface area contributed by atoms with Gasteiger partial charge in [-0.1, -0.05) is 159 Å². The number of allylic oxidation sites excluding steroid dienone is 4. The van der Waals surface area contributed by atoms with Gasteiger partial charge in [0.1, 0.15) is 0 Å². The van der Waals surface area contributed by atoms with E-state index in [1.165, 1.54) is 113 Å². The first-order valence-corrected chi connectivity index (χ1v) is 20.6. The molecule has 0 atom stereocenters. The Hall–Kier alpha value is -6.28. The van der Waals surface area contributed by atoms with Gasteiger partial charge in [0.15, 0.2) is 0 Å². The van der Waals surface area contributed by atoms with Crippen molar-refractivity contribution in [2.75, 3.05) is 0 Å². The first kappa shape index (κ1) is 33.1. The fourth-order valence-electron chi connectivity index (χ4n) is 9.66. The molecule has 0 saturated heterocycles. The molecule has 0 spiro atoms. The number of fused-ring (bicyclic) bond motifs is 11. The fraction of sp³-hybridized carbons (Fsp3) is 0.0909. The van der Waals surface area contributed by atoms with E-state index in [4.69, 9.17) is 0 Å². The maximum absolute atomic E-state index is 2.51. The molecule has 10 aromatic rings. The van der Waals surface area contributed by atoms with Crippen LogP contribution in [0.4, 0.5) is 0 Å². The molecule has 1 aromatic heterocycles. The van der Waals surface area contributed by atoms with Crippen molar-refractivity contribution in [2.45, 2.75) is 32.6 Å². The van der Waals surface area contributed by atoms with Gasteiger partial charge in [-0.15, -0.1) is 11.3 Å². The second-order valence-electron chi connectivity index (χ2n) is 15.9. The lowest BCUT2D eigenvalue weighted by molar-refractivity contribution is 0.661. The SMILES string of the molecule is C/C=C\C=C/Cc1ccc2ccc(-c3c4ccccc4c(-c4ccc5c(c4)C(C)(C)c4ccc6cc7sc8ccccc8c7cc6c4-5)c4ccccc34)cc2c1. The normalized spacial score (nSPS) is 13.7. The molecule has 0 amide bonds. The topological polar surface area (TPSA) is 0 Å². The van der Waals surface area contributed by atoms with Gasteiger partial charge in [-0.25, -0.2) is 0 Å². The summed E-state index contributed by atoms with van der Waals surface area (Å²) in [4.78, 5) is 0. The van der Waals surface area contributed by atoms with E-state index >= 15 is 0 Å². The van der Waals surface area contributed by atoms with Crippen molar-refractivity contribution in [2.24, 2.45) is 0 Å². The number of hydrogen-bond acceptors (Lipinski definition) is 1. The summed E-state index contributed by atoms with van der Waals surface area (Å²) in [7, 11) is 0. The van der Waals surface area contributed by atoms with Gasteiger partial charge in [0, 0.05) is 25.6 Å². The first-order chi connectivity index (χ1) is 27.5. The van der Waals surface area contributed by atoms with Gasteiger partial charge in [-0.2, -0.15) is 0 Å². The van der Waals surface area contributed by atoms with Gasteiger partial charge >= 0.3 is 0 Å². The molecule has 0 radical (unpaired) electrons. The van der Waals surface area contributed by atoms with Crippen LogP contribution >= 0.6 is 11.3 Å². The van der Waals surface area contributed by atoms with Crippen LogP contribution in [0, 0.1) is 0 Å². The molecule has 0 saturated carbocycles. The molecule has 266 valence electrons. The van der Waals surface area contributed by atoms with Gasteiger partial charge in [-0.3, -0.25) is 0 Å². The Morgan fingerprint density at radius 1 is 0.464 bits per heavy atom. The average Bonchev–Trinajstić information content (AvgIpc) is 3.70. The third kappa shape index (κ3) is 4.97. The monoisotopic (exact) mass is 732 g/mol. The number of rotatable bonds is 5. The van der Waals surface area contributed by atoms with Crippen LogP contribution in [0.2, 0.25) is 0 Å². The van der Waals surface area contributed by atoms with Crippen molar-refractivity contribution < 1.29 is 0 Å². The highest BCUT2D eigenvalue weighted by molar-refractivity contribution is 7.25. The van der Waals surface area contributed by atoms with Gasteiger partial charge < -0.3 is 0 Å². The standard InChI is InChI=1S/C55H40S/c1-4-5-6-7-14-34-21-22-35-23-24-37(30-39(35)29-34)52-41-16-8-10-18-43(41)53(44-19-11-9-17-42(44)52)38-25-27-45-49(31-38)55(2,3)48-28-26-36-32-51-47(33-46(36)54(45)48)40-15-12-13-20-50(40)56-51/h4-13,15-33H,14H2,1-3H3/b5-4-,7-6-. The van der Waals surface area contributed by atoms with Crippen molar-refractivity contribution in [3.05, 3.63) is 193 Å². The van der Waals surface area contributed by atoms with Crippen LogP contribution in [0.3, 0.4) is 0 Å². The van der Waals surface area contributed by atoms with Crippen molar-refractivity contribution in [1.29, 1.82) is 0 Å². The molecule has 0 fully saturated rings. The summed E-state index contributed by atoms with van der Waals surface area (Å²) < 4.78 is 2.71. The first-order valence-electron chi connectivity index (χ1n) is 19.8. The Morgan fingerprint density at radius 2 is 1.11 bits per heavy atom. The van der Waals surface area contributed by atoms with E-state index in [9.17, 15) is 0 Å². The van der Waals surface area contributed by atoms with E-state index in [1.807, 2.05) is 11.3 Å². The minimum atomic E-state index is -0.140. The highest BCUT2D eigenvalue weighted by Gasteiger charge is 2.37. The molecular formula is C55H40S. The summed E-state index contributed by atoms with van der Waals surface area (Å²) in [5, 5.41) is 13.1. The second kappa shape index (κ2) is 12.6. The summed E-state index contributed by atoms with van der Waals surface area (Å²) in [6.45, 7) is 6.88. The lowest BCUT2D eigenvalue weighted by Gasteiger charge is -2.23. The van der Waals surface area contributed by atoms with E-state index in [1.54, 1.807) is 0 Å². The maximum atomic E-state index is 2.51. The second-order valence-corrected chi connectivity index (χ2v) is 17.0. The van der Waals surface area contributed by atoms with E-state index in [-0.39, 0.29) is 5.41 Å². The Bertz CT molecular complexity index is 3250. The highest BCUT2D eigenvalue weighted by atomic mass is 32.1. The molecule has 1 heteroatoms. The van der Waals surface area contributed by atoms with Crippen LogP contribution < -0.4 is 0 Å². The molecular weight excluding hydrogens is 693 g/mol. The van der Waals surface area contributed by atoms with Gasteiger partial charge in [0.25, 0.3) is 0 Å². The van der Waals surface area contributed by atoms with Crippen LogP contribution in [0.1, 0.15) is 37.5 Å². The molecule has 1 aliphatic rings. The molecule has 1 aliphatic carbocycles. The quantitative estimate of drug-likeness (QED) is 0.122. The zero-order valence-electron chi connectivity index (χ0n) is 31.9. The molecule has 0 N–H and O–H groups in total. The van der Waals surface area contributed by atoms with Crippen molar-refractivity contribution in [3.8, 4) is 33.4 Å². The largest absolute Gasteiger partial charge is 0.135 e. The molecule has 0 bridgehead atoms. The van der Waals surface area contributed by atoms with Gasteiger partial charge in [0.2, 0.25) is 0 Å². The molecule has 0 nitrogen and oxygen atoms in total. The van der Waals surface area contributed by atoms with Crippen LogP contribution in [0.15, 0.2) is 176 Å². The molecule has 56 heavy (non-hydrogen) atoms. The van der Waals surface area contributed by atoms with Gasteiger partial charge in [0.05, 0.1) is 0 Å². The summed E-state index contributed by atoms with van der Waals surface area (Å²) in [6.07, 6.45) is 9.44. The molecule has 11 rings (SSSR count). The summed E-state index contributed by atoms with van der Waals surface area (Å²) in [5.74, 6) is 0. The van der Waals surface area contributed by atoms with Crippen molar-refractivity contribution in [3.63, 3.8) is 0 Å². The Morgan fingerprint density at radius 3 is 1.84 bits per heavy atom. The minimum Gasteiger partial charge on any atom is -0.135 e. The van der Waals surface area contributed by atoms with Crippen LogP contribution in [-0.4, -0.2) is 0 Å². The molecule has 0 aliphatic heterocycles.